The fraction of sp³-hybridized carbons (Fsp3) is 0.459. The molecule has 16 heteroatoms. The molecule has 7 rings (SSSR count). The number of urea groups is 1. The number of piperazine rings is 1. The van der Waals surface area contributed by atoms with Crippen molar-refractivity contribution in [1.29, 1.82) is 5.26 Å². The van der Waals surface area contributed by atoms with Crippen LogP contribution < -0.4 is 23.8 Å². The third-order valence-electron chi connectivity index (χ3n) is 10.6. The van der Waals surface area contributed by atoms with E-state index in [2.05, 4.69) is 26.2 Å². The van der Waals surface area contributed by atoms with Crippen molar-refractivity contribution in [2.24, 2.45) is 0 Å². The van der Waals surface area contributed by atoms with Crippen molar-refractivity contribution < 1.29 is 37.0 Å². The number of amides is 3. The quantitative estimate of drug-likeness (QED) is 0.323. The zero-order valence-corrected chi connectivity index (χ0v) is 30.8. The molecule has 0 radical (unpaired) electrons. The van der Waals surface area contributed by atoms with Crippen LogP contribution in [0.3, 0.4) is 0 Å². The first-order chi connectivity index (χ1) is 25.7. The van der Waals surface area contributed by atoms with Gasteiger partial charge in [-0.05, 0) is 62.2 Å². The summed E-state index contributed by atoms with van der Waals surface area (Å²) in [4.78, 5) is 40.3. The van der Waals surface area contributed by atoms with Gasteiger partial charge in [0, 0.05) is 63.1 Å². The van der Waals surface area contributed by atoms with E-state index in [1.54, 1.807) is 24.0 Å². The van der Waals surface area contributed by atoms with Crippen LogP contribution in [0.5, 0.6) is 17.4 Å². The molecule has 2 aromatic carbocycles. The largest absolute Gasteiger partial charge is 0.497 e. The van der Waals surface area contributed by atoms with Crippen LogP contribution in [0.1, 0.15) is 36.5 Å². The molecule has 1 aromatic heterocycles. The summed E-state index contributed by atoms with van der Waals surface area (Å²) in [5, 5.41) is 12.9. The molecular weight excluding hydrogens is 703 g/mol. The molecule has 53 heavy (non-hydrogen) atoms. The number of sulfonamides is 1. The Labute approximate surface area is 309 Å². The standard InChI is InChI=1S/C37H43N7O8S/c1-4-52-34-29(6-5-13-39-34)37(40-36(46)43-18-16-42(17-19-43)26-11-14-41(15-12-26)27-23-51-24-27)30-20-25(22-38)7-9-31(30)44(35(37)45)53(47,48)33-10-8-28(49-2)21-32(33)50-3/h5-10,13,20-21,26-27H,4,11-12,14-19,23-24H2,1-3H3,(H,40,46)/t37-/m1/s1. The number of likely N-dealkylation sites (tertiary alicyclic amines) is 1. The van der Waals surface area contributed by atoms with Crippen LogP contribution in [0.25, 0.3) is 0 Å². The average Bonchev–Trinajstić information content (AvgIpc) is 3.41. The van der Waals surface area contributed by atoms with Crippen molar-refractivity contribution in [2.75, 3.05) is 77.6 Å². The van der Waals surface area contributed by atoms with E-state index >= 15 is 4.79 Å². The minimum absolute atomic E-state index is 0.0304. The van der Waals surface area contributed by atoms with Crippen molar-refractivity contribution in [2.45, 2.75) is 42.3 Å². The van der Waals surface area contributed by atoms with Crippen LogP contribution >= 0.6 is 0 Å². The molecule has 5 heterocycles. The Morgan fingerprint density at radius 2 is 1.72 bits per heavy atom. The third-order valence-corrected chi connectivity index (χ3v) is 12.4. The van der Waals surface area contributed by atoms with E-state index in [4.69, 9.17) is 18.9 Å². The number of nitrogens with one attached hydrogen (secondary N) is 1. The van der Waals surface area contributed by atoms with Crippen LogP contribution in [-0.2, 0) is 25.1 Å². The number of pyridine rings is 1. The fourth-order valence-corrected chi connectivity index (χ4v) is 9.35. The molecule has 1 N–H and O–H groups in total. The first kappa shape index (κ1) is 36.4. The summed E-state index contributed by atoms with van der Waals surface area (Å²) < 4.78 is 52.0. The number of carbonyl (C=O) groups is 2. The van der Waals surface area contributed by atoms with Crippen molar-refractivity contribution in [3.8, 4) is 23.4 Å². The van der Waals surface area contributed by atoms with Gasteiger partial charge in [0.05, 0.1) is 63.0 Å². The summed E-state index contributed by atoms with van der Waals surface area (Å²) in [7, 11) is -1.95. The zero-order valence-electron chi connectivity index (χ0n) is 30.0. The molecule has 3 amide bonds. The number of nitriles is 1. The molecule has 15 nitrogen and oxygen atoms in total. The van der Waals surface area contributed by atoms with Crippen LogP contribution in [0.4, 0.5) is 10.5 Å². The highest BCUT2D eigenvalue weighted by Crippen LogP contribution is 2.50. The van der Waals surface area contributed by atoms with Gasteiger partial charge in [0.1, 0.15) is 16.4 Å². The van der Waals surface area contributed by atoms with E-state index in [0.717, 1.165) is 39.1 Å². The van der Waals surface area contributed by atoms with Crippen LogP contribution in [-0.4, -0.2) is 125 Å². The van der Waals surface area contributed by atoms with E-state index in [-0.39, 0.29) is 45.5 Å². The van der Waals surface area contributed by atoms with Crippen LogP contribution in [0.15, 0.2) is 59.6 Å². The number of ether oxygens (including phenoxy) is 4. The van der Waals surface area contributed by atoms with Gasteiger partial charge < -0.3 is 29.2 Å². The van der Waals surface area contributed by atoms with Crippen molar-refractivity contribution >= 4 is 27.6 Å². The fourth-order valence-electron chi connectivity index (χ4n) is 7.74. The Kier molecular flexibility index (Phi) is 10.2. The minimum Gasteiger partial charge on any atom is -0.497 e. The summed E-state index contributed by atoms with van der Waals surface area (Å²) in [6, 6.07) is 14.0. The molecule has 0 unspecified atom stereocenters. The lowest BCUT2D eigenvalue weighted by Crippen LogP contribution is -2.61. The average molecular weight is 746 g/mol. The molecule has 4 aliphatic heterocycles. The number of anilines is 1. The highest BCUT2D eigenvalue weighted by atomic mass is 32.2. The van der Waals surface area contributed by atoms with E-state index in [9.17, 15) is 18.5 Å². The number of piperidine rings is 1. The normalized spacial score (nSPS) is 21.4. The molecule has 1 atom stereocenters. The second kappa shape index (κ2) is 14.8. The molecule has 3 aromatic rings. The van der Waals surface area contributed by atoms with E-state index in [1.807, 2.05) is 0 Å². The lowest BCUT2D eigenvalue weighted by Gasteiger charge is -2.46. The number of carbonyl (C=O) groups excluding carboxylic acids is 2. The molecule has 0 bridgehead atoms. The van der Waals surface area contributed by atoms with Gasteiger partial charge in [-0.1, -0.05) is 0 Å². The van der Waals surface area contributed by atoms with Gasteiger partial charge in [0.25, 0.3) is 15.9 Å². The van der Waals surface area contributed by atoms with Gasteiger partial charge in [-0.2, -0.15) is 9.57 Å². The van der Waals surface area contributed by atoms with E-state index < -0.39 is 27.5 Å². The van der Waals surface area contributed by atoms with E-state index in [0.29, 0.717) is 48.3 Å². The number of aromatic nitrogens is 1. The Balaban J connectivity index is 1.25. The highest BCUT2D eigenvalue weighted by molar-refractivity contribution is 7.93. The molecule has 4 aliphatic rings. The molecular formula is C37H43N7O8S. The molecule has 0 aliphatic carbocycles. The van der Waals surface area contributed by atoms with Crippen LogP contribution in [0.2, 0.25) is 0 Å². The molecule has 0 saturated carbocycles. The SMILES string of the molecule is CCOc1ncccc1[C@]1(NC(=O)N2CCN(C3CCN(C4COC4)CC3)CC2)C(=O)N(S(=O)(=O)c2ccc(OC)cc2OC)c2ccc(C#N)cc21. The van der Waals surface area contributed by atoms with Gasteiger partial charge in [-0.15, -0.1) is 0 Å². The summed E-state index contributed by atoms with van der Waals surface area (Å²) in [6.45, 7) is 7.65. The Morgan fingerprint density at radius 1 is 0.981 bits per heavy atom. The zero-order chi connectivity index (χ0) is 37.3. The predicted octanol–water partition coefficient (Wildman–Crippen LogP) is 2.54. The smallest absolute Gasteiger partial charge is 0.318 e. The number of hydrogen-bond donors (Lipinski definition) is 1. The van der Waals surface area contributed by atoms with Gasteiger partial charge in [-0.25, -0.2) is 18.2 Å². The number of methoxy groups -OCH3 is 2. The van der Waals surface area contributed by atoms with Gasteiger partial charge >= 0.3 is 6.03 Å². The van der Waals surface area contributed by atoms with Gasteiger partial charge in [-0.3, -0.25) is 14.6 Å². The molecule has 3 saturated heterocycles. The molecule has 3 fully saturated rings. The van der Waals surface area contributed by atoms with Gasteiger partial charge in [0.15, 0.2) is 5.54 Å². The lowest BCUT2D eigenvalue weighted by molar-refractivity contribution is -0.121. The predicted molar refractivity (Wildman–Crippen MR) is 192 cm³/mol. The van der Waals surface area contributed by atoms with Crippen LogP contribution in [0, 0.1) is 11.3 Å². The topological polar surface area (TPSA) is 167 Å². The number of nitrogens with zero attached hydrogens (tertiary/aromatic N) is 6. The number of hydrogen-bond acceptors (Lipinski definition) is 12. The summed E-state index contributed by atoms with van der Waals surface area (Å²) in [5.74, 6) is -0.668. The van der Waals surface area contributed by atoms with Gasteiger partial charge in [0.2, 0.25) is 5.88 Å². The number of benzene rings is 2. The maximum atomic E-state index is 15.2. The number of fused-ring (bicyclic) bond motifs is 1. The van der Waals surface area contributed by atoms with Crippen molar-refractivity contribution in [3.63, 3.8) is 0 Å². The van der Waals surface area contributed by atoms with Crippen molar-refractivity contribution in [1.82, 2.24) is 25.0 Å². The maximum absolute atomic E-state index is 15.2. The lowest BCUT2D eigenvalue weighted by atomic mass is 9.83. The summed E-state index contributed by atoms with van der Waals surface area (Å²) in [5.41, 5.74) is -1.83. The second-order valence-corrected chi connectivity index (χ2v) is 15.1. The second-order valence-electron chi connectivity index (χ2n) is 13.4. The third kappa shape index (κ3) is 6.41. The molecule has 280 valence electrons. The summed E-state index contributed by atoms with van der Waals surface area (Å²) in [6.07, 6.45) is 3.57. The highest BCUT2D eigenvalue weighted by Gasteiger charge is 2.59. The summed E-state index contributed by atoms with van der Waals surface area (Å²) >= 11 is 0. The Morgan fingerprint density at radius 3 is 2.36 bits per heavy atom. The first-order valence-corrected chi connectivity index (χ1v) is 19.2. The molecule has 0 spiro atoms. The number of rotatable bonds is 10. The minimum atomic E-state index is -4.70. The monoisotopic (exact) mass is 745 g/mol. The Bertz CT molecular complexity index is 2020. The van der Waals surface area contributed by atoms with Crippen molar-refractivity contribution in [3.05, 3.63) is 71.4 Å². The van der Waals surface area contributed by atoms with E-state index in [1.165, 1.54) is 56.8 Å². The first-order valence-electron chi connectivity index (χ1n) is 17.7. The maximum Gasteiger partial charge on any atom is 0.318 e. The Hall–Kier alpha value is -4.95.